The summed E-state index contributed by atoms with van der Waals surface area (Å²) in [6, 6.07) is 20.9. The molecule has 1 heterocycles. The second-order valence-corrected chi connectivity index (χ2v) is 8.67. The van der Waals surface area contributed by atoms with E-state index in [0.717, 1.165) is 32.6 Å². The molecule has 0 atom stereocenters. The number of carbonyl (C=O) groups excluding carboxylic acids is 1. The highest BCUT2D eigenvalue weighted by Crippen LogP contribution is 2.28. The molecule has 4 rings (SSSR count). The lowest BCUT2D eigenvalue weighted by Gasteiger charge is -2.12. The first-order chi connectivity index (χ1) is 18.4. The van der Waals surface area contributed by atoms with Crippen molar-refractivity contribution in [3.63, 3.8) is 0 Å². The van der Waals surface area contributed by atoms with Crippen molar-refractivity contribution in [3.8, 4) is 22.6 Å². The predicted molar refractivity (Wildman–Crippen MR) is 140 cm³/mol. The number of aromatic amines is 1. The quantitative estimate of drug-likeness (QED) is 0.245. The Balaban J connectivity index is 1.33. The Hall–Kier alpha value is -4.57. The number of aromatic nitrogens is 2. The van der Waals surface area contributed by atoms with Gasteiger partial charge in [-0.1, -0.05) is 36.4 Å². The van der Waals surface area contributed by atoms with Crippen molar-refractivity contribution in [3.05, 3.63) is 104 Å². The third kappa shape index (κ3) is 7.23. The Morgan fingerprint density at radius 3 is 2.50 bits per heavy atom. The number of aliphatic hydroxyl groups excluding tert-OH is 1. The standard InChI is InChI=1S/C28H29N3O7/c1-19-14-24(37-18-26(33)29-12-3-13-32)10-11-25(19)22-5-2-4-21(15-22)17-36-23-8-6-20(7-9-23)16-31-27(34)30-28(35)38-31/h2,4-11,14-15,32H,3,12-13,16-18H2,1H3,(H,29,33)(H,30,34,35). The van der Waals surface area contributed by atoms with Crippen LogP contribution in [0.2, 0.25) is 0 Å². The molecule has 198 valence electrons. The molecule has 10 heteroatoms. The number of carbonyl (C=O) groups is 1. The van der Waals surface area contributed by atoms with Gasteiger partial charge in [0.2, 0.25) is 0 Å². The minimum atomic E-state index is -0.785. The first-order valence-electron chi connectivity index (χ1n) is 12.1. The summed E-state index contributed by atoms with van der Waals surface area (Å²) in [4.78, 5) is 36.6. The monoisotopic (exact) mass is 519 g/mol. The SMILES string of the molecule is Cc1cc(OCC(=O)NCCCO)ccc1-c1cccc(COc2ccc(Cn3oc(=O)[nH]c3=O)cc2)c1. The molecule has 0 fully saturated rings. The maximum absolute atomic E-state index is 11.8. The van der Waals surface area contributed by atoms with Crippen molar-refractivity contribution >= 4 is 5.91 Å². The Morgan fingerprint density at radius 1 is 1.00 bits per heavy atom. The zero-order valence-electron chi connectivity index (χ0n) is 20.9. The van der Waals surface area contributed by atoms with Gasteiger partial charge < -0.3 is 24.4 Å². The third-order valence-electron chi connectivity index (χ3n) is 5.75. The molecule has 3 aromatic carbocycles. The van der Waals surface area contributed by atoms with Crippen LogP contribution in [0.15, 0.2) is 80.8 Å². The van der Waals surface area contributed by atoms with Crippen LogP contribution >= 0.6 is 0 Å². The second-order valence-electron chi connectivity index (χ2n) is 8.67. The van der Waals surface area contributed by atoms with E-state index in [2.05, 4.69) is 16.4 Å². The minimum Gasteiger partial charge on any atom is -0.489 e. The van der Waals surface area contributed by atoms with Gasteiger partial charge >= 0.3 is 11.4 Å². The number of amides is 1. The summed E-state index contributed by atoms with van der Waals surface area (Å²) in [6.45, 7) is 2.86. The van der Waals surface area contributed by atoms with Crippen molar-refractivity contribution in [1.82, 2.24) is 15.0 Å². The lowest BCUT2D eigenvalue weighted by atomic mass is 9.99. The first kappa shape index (κ1) is 26.5. The minimum absolute atomic E-state index is 0.0322. The van der Waals surface area contributed by atoms with Crippen molar-refractivity contribution in [2.24, 2.45) is 0 Å². The number of H-pyrrole nitrogens is 1. The van der Waals surface area contributed by atoms with Gasteiger partial charge in [-0.2, -0.15) is 0 Å². The summed E-state index contributed by atoms with van der Waals surface area (Å²) in [5.74, 6) is 0.258. The molecule has 0 aliphatic carbocycles. The van der Waals surface area contributed by atoms with Crippen LogP contribution in [0.1, 0.15) is 23.1 Å². The molecule has 4 aromatic rings. The fraction of sp³-hybridized carbons (Fsp3) is 0.250. The van der Waals surface area contributed by atoms with Crippen LogP contribution in [0.3, 0.4) is 0 Å². The smallest absolute Gasteiger partial charge is 0.440 e. The van der Waals surface area contributed by atoms with E-state index < -0.39 is 11.4 Å². The number of hydrogen-bond donors (Lipinski definition) is 3. The Kier molecular flexibility index (Phi) is 8.78. The summed E-state index contributed by atoms with van der Waals surface area (Å²) >= 11 is 0. The first-order valence-corrected chi connectivity index (χ1v) is 12.1. The number of ether oxygens (including phenoxy) is 2. The molecule has 3 N–H and O–H groups in total. The van der Waals surface area contributed by atoms with Gasteiger partial charge in [-0.05, 0) is 71.5 Å². The summed E-state index contributed by atoms with van der Waals surface area (Å²) < 4.78 is 17.3. The number of benzene rings is 3. The van der Waals surface area contributed by atoms with E-state index in [4.69, 9.17) is 19.1 Å². The van der Waals surface area contributed by atoms with Crippen LogP contribution in [-0.4, -0.2) is 40.5 Å². The van der Waals surface area contributed by atoms with E-state index in [1.807, 2.05) is 43.3 Å². The van der Waals surface area contributed by atoms with Gasteiger partial charge in [0, 0.05) is 13.2 Å². The van der Waals surface area contributed by atoms with Crippen molar-refractivity contribution in [2.75, 3.05) is 19.8 Å². The van der Waals surface area contributed by atoms with Crippen LogP contribution in [0.25, 0.3) is 11.1 Å². The molecule has 0 aliphatic heterocycles. The van der Waals surface area contributed by atoms with E-state index in [1.165, 1.54) is 0 Å². The lowest BCUT2D eigenvalue weighted by Crippen LogP contribution is -2.30. The lowest BCUT2D eigenvalue weighted by molar-refractivity contribution is -0.123. The molecule has 1 aromatic heterocycles. The van der Waals surface area contributed by atoms with Gasteiger partial charge in [0.15, 0.2) is 6.61 Å². The van der Waals surface area contributed by atoms with Gasteiger partial charge in [-0.15, -0.1) is 4.74 Å². The highest BCUT2D eigenvalue weighted by molar-refractivity contribution is 5.77. The second kappa shape index (κ2) is 12.6. The summed E-state index contributed by atoms with van der Waals surface area (Å²) in [5.41, 5.74) is 4.27. The number of rotatable bonds is 12. The van der Waals surface area contributed by atoms with E-state index >= 15 is 0 Å². The van der Waals surface area contributed by atoms with E-state index in [-0.39, 0.29) is 25.7 Å². The number of hydrogen-bond acceptors (Lipinski definition) is 7. The van der Waals surface area contributed by atoms with Gasteiger partial charge in [0.1, 0.15) is 18.1 Å². The molecule has 0 unspecified atom stereocenters. The number of nitrogens with zero attached hydrogens (tertiary/aromatic N) is 1. The van der Waals surface area contributed by atoms with Crippen LogP contribution in [0, 0.1) is 6.92 Å². The molecule has 38 heavy (non-hydrogen) atoms. The zero-order valence-corrected chi connectivity index (χ0v) is 20.9. The molecular weight excluding hydrogens is 490 g/mol. The number of aryl methyl sites for hydroxylation is 1. The van der Waals surface area contributed by atoms with E-state index in [1.54, 1.807) is 24.3 Å². The summed E-state index contributed by atoms with van der Waals surface area (Å²) in [7, 11) is 0. The largest absolute Gasteiger partial charge is 0.489 e. The van der Waals surface area contributed by atoms with Gasteiger partial charge in [-0.3, -0.25) is 4.79 Å². The van der Waals surface area contributed by atoms with Crippen LogP contribution < -0.4 is 26.2 Å². The van der Waals surface area contributed by atoms with Crippen molar-refractivity contribution < 1.29 is 23.9 Å². The van der Waals surface area contributed by atoms with Crippen LogP contribution in [-0.2, 0) is 17.9 Å². The van der Waals surface area contributed by atoms with Gasteiger partial charge in [-0.25, -0.2) is 14.6 Å². The molecule has 10 nitrogen and oxygen atoms in total. The average molecular weight is 520 g/mol. The van der Waals surface area contributed by atoms with E-state index in [9.17, 15) is 14.4 Å². The maximum atomic E-state index is 11.8. The molecule has 0 spiro atoms. The molecule has 0 saturated carbocycles. The fourth-order valence-electron chi connectivity index (χ4n) is 3.83. The topological polar surface area (TPSA) is 136 Å². The molecule has 0 aliphatic rings. The predicted octanol–water partition coefficient (Wildman–Crippen LogP) is 2.61. The molecule has 1 amide bonds. The normalized spacial score (nSPS) is 10.8. The van der Waals surface area contributed by atoms with Crippen LogP contribution in [0.4, 0.5) is 0 Å². The highest BCUT2D eigenvalue weighted by atomic mass is 16.5. The fourth-order valence-corrected chi connectivity index (χ4v) is 3.83. The maximum Gasteiger partial charge on any atom is 0.440 e. The van der Waals surface area contributed by atoms with Gasteiger partial charge in [0.05, 0.1) is 6.54 Å². The molecule has 0 saturated heterocycles. The highest BCUT2D eigenvalue weighted by Gasteiger charge is 2.08. The third-order valence-corrected chi connectivity index (χ3v) is 5.75. The van der Waals surface area contributed by atoms with Crippen LogP contribution in [0.5, 0.6) is 11.5 Å². The van der Waals surface area contributed by atoms with Crippen molar-refractivity contribution in [2.45, 2.75) is 26.5 Å². The van der Waals surface area contributed by atoms with Gasteiger partial charge in [0.25, 0.3) is 5.91 Å². The summed E-state index contributed by atoms with van der Waals surface area (Å²) in [6.07, 6.45) is 0.510. The number of aliphatic hydroxyl groups is 1. The zero-order chi connectivity index (χ0) is 26.9. The Bertz CT molecular complexity index is 1490. The van der Waals surface area contributed by atoms with Crippen molar-refractivity contribution in [1.29, 1.82) is 0 Å². The Labute approximate surface area is 218 Å². The summed E-state index contributed by atoms with van der Waals surface area (Å²) in [5, 5.41) is 11.5. The number of nitrogens with one attached hydrogen (secondary N) is 2. The van der Waals surface area contributed by atoms with E-state index in [0.29, 0.717) is 31.1 Å². The Morgan fingerprint density at radius 2 is 1.79 bits per heavy atom. The molecular formula is C28H29N3O7. The molecule has 0 radical (unpaired) electrons. The molecule has 0 bridgehead atoms. The average Bonchev–Trinajstić information content (AvgIpc) is 3.23.